The van der Waals surface area contributed by atoms with Crippen molar-refractivity contribution in [3.8, 4) is 11.1 Å². The Morgan fingerprint density at radius 2 is 1.92 bits per heavy atom. The van der Waals surface area contributed by atoms with E-state index >= 15 is 0 Å². The molecule has 0 radical (unpaired) electrons. The molecule has 1 aromatic carbocycles. The van der Waals surface area contributed by atoms with E-state index in [-0.39, 0.29) is 10.8 Å². The summed E-state index contributed by atoms with van der Waals surface area (Å²) in [5.41, 5.74) is 3.62. The molecule has 0 fully saturated rings. The Balaban J connectivity index is 2.12. The van der Waals surface area contributed by atoms with Gasteiger partial charge in [-0.2, -0.15) is 0 Å². The lowest BCUT2D eigenvalue weighted by molar-refractivity contribution is 0.616. The van der Waals surface area contributed by atoms with Crippen molar-refractivity contribution in [2.75, 3.05) is 0 Å². The summed E-state index contributed by atoms with van der Waals surface area (Å²) in [7, 11) is -1.20. The van der Waals surface area contributed by atoms with Gasteiger partial charge < -0.3 is 4.40 Å². The number of rotatable bonds is 4. The molecule has 26 heavy (non-hydrogen) atoms. The number of imidazole rings is 1. The zero-order valence-electron chi connectivity index (χ0n) is 15.1. The molecule has 0 aliphatic carbocycles. The van der Waals surface area contributed by atoms with Crippen molar-refractivity contribution >= 4 is 39.8 Å². The molecule has 3 aromatic rings. The quantitative estimate of drug-likeness (QED) is 0.624. The molecule has 2 atom stereocenters. The highest BCUT2D eigenvalue weighted by Crippen LogP contribution is 2.35. The van der Waals surface area contributed by atoms with Gasteiger partial charge in [0.1, 0.15) is 5.65 Å². The Morgan fingerprint density at radius 1 is 1.19 bits per heavy atom. The van der Waals surface area contributed by atoms with E-state index in [1.54, 1.807) is 12.3 Å². The third-order valence-corrected chi connectivity index (χ3v) is 6.32. The Kier molecular flexibility index (Phi) is 5.45. The third-order valence-electron chi connectivity index (χ3n) is 4.09. The highest BCUT2D eigenvalue weighted by molar-refractivity contribution is 7.84. The van der Waals surface area contributed by atoms with Gasteiger partial charge in [-0.15, -0.1) is 0 Å². The van der Waals surface area contributed by atoms with Crippen molar-refractivity contribution in [1.29, 1.82) is 0 Å². The van der Waals surface area contributed by atoms with E-state index in [4.69, 9.17) is 23.2 Å². The molecule has 138 valence electrons. The van der Waals surface area contributed by atoms with E-state index in [1.165, 1.54) is 0 Å². The smallest absolute Gasteiger partial charge is 0.137 e. The number of nitrogens with one attached hydrogen (secondary N) is 1. The molecule has 7 heteroatoms. The summed E-state index contributed by atoms with van der Waals surface area (Å²) in [6.07, 6.45) is 5.63. The van der Waals surface area contributed by atoms with Crippen LogP contribution in [0.3, 0.4) is 0 Å². The SMILES string of the molecule is CC(NS(=O)C(C)(C)C)c1cc2nccn2cc1-c1ccc(Cl)cc1Cl. The maximum absolute atomic E-state index is 12.6. The zero-order chi connectivity index (χ0) is 19.1. The lowest BCUT2D eigenvalue weighted by Crippen LogP contribution is -2.35. The van der Waals surface area contributed by atoms with E-state index in [9.17, 15) is 4.21 Å². The van der Waals surface area contributed by atoms with Crippen LogP contribution in [0.25, 0.3) is 16.8 Å². The summed E-state index contributed by atoms with van der Waals surface area (Å²) in [4.78, 5) is 4.37. The van der Waals surface area contributed by atoms with Crippen LogP contribution in [-0.2, 0) is 11.0 Å². The maximum atomic E-state index is 12.6. The Bertz CT molecular complexity index is 979. The second kappa shape index (κ2) is 7.31. The summed E-state index contributed by atoms with van der Waals surface area (Å²) in [6, 6.07) is 7.29. The molecule has 0 amide bonds. The van der Waals surface area contributed by atoms with Crippen LogP contribution in [0.2, 0.25) is 10.0 Å². The number of aromatic nitrogens is 2. The molecule has 2 aromatic heterocycles. The predicted molar refractivity (Wildman–Crippen MR) is 110 cm³/mol. The average Bonchev–Trinajstić information content (AvgIpc) is 3.00. The highest BCUT2D eigenvalue weighted by Gasteiger charge is 2.24. The van der Waals surface area contributed by atoms with Crippen molar-refractivity contribution < 1.29 is 4.21 Å². The van der Waals surface area contributed by atoms with Gasteiger partial charge in [0.15, 0.2) is 0 Å². The van der Waals surface area contributed by atoms with E-state index in [1.807, 2.05) is 62.7 Å². The molecular formula is C19H21Cl2N3OS. The number of hydrogen-bond donors (Lipinski definition) is 1. The lowest BCUT2D eigenvalue weighted by atomic mass is 9.98. The van der Waals surface area contributed by atoms with Gasteiger partial charge in [0.25, 0.3) is 0 Å². The molecular weight excluding hydrogens is 389 g/mol. The Hall–Kier alpha value is -1.40. The van der Waals surface area contributed by atoms with Crippen LogP contribution in [0.4, 0.5) is 0 Å². The van der Waals surface area contributed by atoms with Crippen molar-refractivity contribution in [3.63, 3.8) is 0 Å². The number of nitrogens with zero attached hydrogens (tertiary/aromatic N) is 2. The molecule has 1 N–H and O–H groups in total. The average molecular weight is 410 g/mol. The molecule has 0 bridgehead atoms. The van der Waals surface area contributed by atoms with E-state index in [0.29, 0.717) is 10.0 Å². The van der Waals surface area contributed by atoms with E-state index < -0.39 is 11.0 Å². The van der Waals surface area contributed by atoms with Gasteiger partial charge in [-0.3, -0.25) is 0 Å². The monoisotopic (exact) mass is 409 g/mol. The summed E-state index contributed by atoms with van der Waals surface area (Å²) >= 11 is 12.5. The lowest BCUT2D eigenvalue weighted by Gasteiger charge is -2.24. The first-order valence-electron chi connectivity index (χ1n) is 8.27. The predicted octanol–water partition coefficient (Wildman–Crippen LogP) is 5.42. The minimum atomic E-state index is -1.20. The fourth-order valence-corrected chi connectivity index (χ4v) is 3.98. The molecule has 0 spiro atoms. The molecule has 4 nitrogen and oxygen atoms in total. The maximum Gasteiger partial charge on any atom is 0.137 e. The van der Waals surface area contributed by atoms with Crippen LogP contribution in [0, 0.1) is 0 Å². The number of hydrogen-bond acceptors (Lipinski definition) is 2. The summed E-state index contributed by atoms with van der Waals surface area (Å²) < 4.78 is 17.3. The van der Waals surface area contributed by atoms with Gasteiger partial charge >= 0.3 is 0 Å². The zero-order valence-corrected chi connectivity index (χ0v) is 17.4. The molecule has 3 rings (SSSR count). The first-order chi connectivity index (χ1) is 12.2. The number of fused-ring (bicyclic) bond motifs is 1. The van der Waals surface area contributed by atoms with Gasteiger partial charge in [-0.1, -0.05) is 29.3 Å². The minimum absolute atomic E-state index is 0.154. The fourth-order valence-electron chi connectivity index (χ4n) is 2.67. The largest absolute Gasteiger partial charge is 0.306 e. The number of halogens is 2. The number of pyridine rings is 1. The second-order valence-electron chi connectivity index (χ2n) is 7.18. The van der Waals surface area contributed by atoms with E-state index in [0.717, 1.165) is 22.3 Å². The van der Waals surface area contributed by atoms with Gasteiger partial charge in [0.2, 0.25) is 0 Å². The summed E-state index contributed by atoms with van der Waals surface area (Å²) in [6.45, 7) is 7.82. The van der Waals surface area contributed by atoms with Gasteiger partial charge in [-0.05, 0) is 51.5 Å². The summed E-state index contributed by atoms with van der Waals surface area (Å²) in [5.74, 6) is 0. The van der Waals surface area contributed by atoms with Crippen molar-refractivity contribution in [1.82, 2.24) is 14.1 Å². The standard InChI is InChI=1S/C19H21Cl2N3OS/c1-12(23-26(25)19(2,3)4)15-10-18-22-7-8-24(18)11-16(15)14-6-5-13(20)9-17(14)21/h5-12,23H,1-4H3. The normalized spacial score (nSPS) is 14.5. The van der Waals surface area contributed by atoms with Crippen molar-refractivity contribution in [3.05, 3.63) is 58.5 Å². The van der Waals surface area contributed by atoms with Gasteiger partial charge in [0, 0.05) is 45.8 Å². The summed E-state index contributed by atoms with van der Waals surface area (Å²) in [5, 5.41) is 1.16. The third kappa shape index (κ3) is 3.96. The first kappa shape index (κ1) is 19.4. The molecule has 2 heterocycles. The van der Waals surface area contributed by atoms with Crippen LogP contribution >= 0.6 is 23.2 Å². The van der Waals surface area contributed by atoms with Crippen molar-refractivity contribution in [2.45, 2.75) is 38.5 Å². The minimum Gasteiger partial charge on any atom is -0.306 e. The van der Waals surface area contributed by atoms with Crippen molar-refractivity contribution in [2.24, 2.45) is 0 Å². The second-order valence-corrected chi connectivity index (χ2v) is 10.0. The van der Waals surface area contributed by atoms with Crippen LogP contribution in [-0.4, -0.2) is 18.3 Å². The Labute approximate surface area is 166 Å². The fraction of sp³-hybridized carbons (Fsp3) is 0.316. The molecule has 0 saturated carbocycles. The molecule has 0 saturated heterocycles. The molecule has 2 unspecified atom stereocenters. The van der Waals surface area contributed by atoms with Gasteiger partial charge in [0.05, 0.1) is 15.7 Å². The molecule has 0 aliphatic rings. The van der Waals surface area contributed by atoms with Crippen LogP contribution in [0.1, 0.15) is 39.3 Å². The first-order valence-corrected chi connectivity index (χ1v) is 10.2. The van der Waals surface area contributed by atoms with Crippen LogP contribution in [0.15, 0.2) is 42.9 Å². The molecule has 0 aliphatic heterocycles. The Morgan fingerprint density at radius 3 is 2.58 bits per heavy atom. The highest BCUT2D eigenvalue weighted by atomic mass is 35.5. The van der Waals surface area contributed by atoms with Crippen LogP contribution in [0.5, 0.6) is 0 Å². The topological polar surface area (TPSA) is 46.4 Å². The van der Waals surface area contributed by atoms with E-state index in [2.05, 4.69) is 9.71 Å². The van der Waals surface area contributed by atoms with Crippen LogP contribution < -0.4 is 4.72 Å². The van der Waals surface area contributed by atoms with Gasteiger partial charge in [-0.25, -0.2) is 13.9 Å². The number of benzene rings is 1.